The number of ether oxygens (including phenoxy) is 1. The van der Waals surface area contributed by atoms with Crippen LogP contribution in [0.3, 0.4) is 0 Å². The van der Waals surface area contributed by atoms with Crippen LogP contribution >= 0.6 is 0 Å². The fraction of sp³-hybridized carbons (Fsp3) is 0.600. The van der Waals surface area contributed by atoms with Gasteiger partial charge in [-0.2, -0.15) is 0 Å². The zero-order chi connectivity index (χ0) is 13.6. The smallest absolute Gasteiger partial charge is 0.255 e. The summed E-state index contributed by atoms with van der Waals surface area (Å²) in [6.07, 6.45) is 0.945. The summed E-state index contributed by atoms with van der Waals surface area (Å²) < 4.78 is 31.3. The highest BCUT2D eigenvalue weighted by Gasteiger charge is 2.57. The number of halogens is 2. The molecule has 0 radical (unpaired) electrons. The Labute approximate surface area is 112 Å². The molecule has 0 bridgehead atoms. The number of hydrogen-bond donors (Lipinski definition) is 1. The van der Waals surface area contributed by atoms with Gasteiger partial charge in [-0.25, -0.2) is 8.78 Å². The van der Waals surface area contributed by atoms with Crippen molar-refractivity contribution in [2.24, 2.45) is 5.92 Å². The van der Waals surface area contributed by atoms with Crippen LogP contribution in [0.15, 0.2) is 12.1 Å². The summed E-state index contributed by atoms with van der Waals surface area (Å²) in [6.45, 7) is 5.25. The molecule has 1 N–H and O–H groups in total. The van der Waals surface area contributed by atoms with Crippen LogP contribution in [-0.4, -0.2) is 19.1 Å². The lowest BCUT2D eigenvalue weighted by atomic mass is 9.91. The molecule has 0 aromatic heterocycles. The molecular formula is C15H19F2NO. The third-order valence-corrected chi connectivity index (χ3v) is 4.27. The minimum atomic E-state index is -2.50. The Morgan fingerprint density at radius 3 is 2.84 bits per heavy atom. The van der Waals surface area contributed by atoms with Crippen molar-refractivity contribution in [3.05, 3.63) is 28.8 Å². The van der Waals surface area contributed by atoms with E-state index < -0.39 is 11.8 Å². The highest BCUT2D eigenvalue weighted by Crippen LogP contribution is 2.48. The van der Waals surface area contributed by atoms with Gasteiger partial charge in [0, 0.05) is 12.5 Å². The second-order valence-corrected chi connectivity index (χ2v) is 5.66. The molecule has 2 unspecified atom stereocenters. The van der Waals surface area contributed by atoms with Crippen molar-refractivity contribution in [2.75, 3.05) is 13.2 Å². The van der Waals surface area contributed by atoms with Crippen molar-refractivity contribution < 1.29 is 13.5 Å². The number of benzene rings is 1. The van der Waals surface area contributed by atoms with Crippen LogP contribution < -0.4 is 10.1 Å². The first-order valence-electron chi connectivity index (χ1n) is 6.85. The molecule has 1 aliphatic carbocycles. The van der Waals surface area contributed by atoms with Crippen LogP contribution in [0, 0.1) is 12.8 Å². The monoisotopic (exact) mass is 267 g/mol. The third kappa shape index (κ3) is 2.34. The van der Waals surface area contributed by atoms with E-state index >= 15 is 0 Å². The van der Waals surface area contributed by atoms with E-state index in [1.54, 1.807) is 0 Å². The summed E-state index contributed by atoms with van der Waals surface area (Å²) in [5, 5.41) is 3.42. The Morgan fingerprint density at radius 2 is 2.16 bits per heavy atom. The summed E-state index contributed by atoms with van der Waals surface area (Å²) in [6, 6.07) is 4.32. The van der Waals surface area contributed by atoms with Gasteiger partial charge in [0.05, 0.1) is 12.5 Å². The van der Waals surface area contributed by atoms with E-state index in [0.717, 1.165) is 24.3 Å². The van der Waals surface area contributed by atoms with Crippen molar-refractivity contribution in [3.63, 3.8) is 0 Å². The zero-order valence-electron chi connectivity index (χ0n) is 11.3. The molecule has 0 amide bonds. The van der Waals surface area contributed by atoms with Crippen LogP contribution in [-0.2, 0) is 6.42 Å². The van der Waals surface area contributed by atoms with E-state index in [-0.39, 0.29) is 13.0 Å². The van der Waals surface area contributed by atoms with Gasteiger partial charge in [0.2, 0.25) is 0 Å². The van der Waals surface area contributed by atoms with Gasteiger partial charge in [-0.1, -0.05) is 6.07 Å². The number of rotatable bonds is 3. The van der Waals surface area contributed by atoms with Gasteiger partial charge >= 0.3 is 0 Å². The second kappa shape index (κ2) is 4.44. The average Bonchev–Trinajstić information content (AvgIpc) is 2.97. The van der Waals surface area contributed by atoms with E-state index in [1.807, 2.05) is 13.0 Å². The predicted molar refractivity (Wildman–Crippen MR) is 69.8 cm³/mol. The molecule has 1 aliphatic heterocycles. The maximum Gasteiger partial charge on any atom is 0.255 e. The van der Waals surface area contributed by atoms with Crippen LogP contribution in [0.1, 0.15) is 36.1 Å². The summed E-state index contributed by atoms with van der Waals surface area (Å²) in [5.74, 6) is -2.33. The fourth-order valence-electron chi connectivity index (χ4n) is 2.81. The summed E-state index contributed by atoms with van der Waals surface area (Å²) >= 11 is 0. The zero-order valence-corrected chi connectivity index (χ0v) is 11.3. The second-order valence-electron chi connectivity index (χ2n) is 5.66. The van der Waals surface area contributed by atoms with Crippen molar-refractivity contribution in [2.45, 2.75) is 38.7 Å². The van der Waals surface area contributed by atoms with Gasteiger partial charge in [-0.3, -0.25) is 0 Å². The lowest BCUT2D eigenvalue weighted by molar-refractivity contribution is 0.0855. The van der Waals surface area contributed by atoms with Crippen molar-refractivity contribution in [1.82, 2.24) is 5.32 Å². The summed E-state index contributed by atoms with van der Waals surface area (Å²) in [7, 11) is 0. The molecule has 104 valence electrons. The Bertz CT molecular complexity index is 501. The third-order valence-electron chi connectivity index (χ3n) is 4.27. The molecule has 19 heavy (non-hydrogen) atoms. The lowest BCUT2D eigenvalue weighted by Gasteiger charge is -2.26. The number of alkyl halides is 2. The van der Waals surface area contributed by atoms with E-state index in [9.17, 15) is 8.78 Å². The molecule has 1 aromatic rings. The molecule has 1 saturated carbocycles. The SMILES string of the molecule is Cc1c(OCC2CC2(F)F)ccc2c1CCNC2C. The molecule has 4 heteroatoms. The quantitative estimate of drug-likeness (QED) is 0.907. The lowest BCUT2D eigenvalue weighted by Crippen LogP contribution is -2.28. The van der Waals surface area contributed by atoms with Crippen LogP contribution in [0.25, 0.3) is 0 Å². The molecule has 0 spiro atoms. The highest BCUT2D eigenvalue weighted by molar-refractivity contribution is 5.46. The average molecular weight is 267 g/mol. The van der Waals surface area contributed by atoms with Gasteiger partial charge in [0.15, 0.2) is 0 Å². The number of fused-ring (bicyclic) bond motifs is 1. The molecule has 2 atom stereocenters. The van der Waals surface area contributed by atoms with Crippen LogP contribution in [0.2, 0.25) is 0 Å². The first kappa shape index (κ1) is 12.9. The Balaban J connectivity index is 1.76. The molecule has 3 rings (SSSR count). The van der Waals surface area contributed by atoms with E-state index in [4.69, 9.17) is 4.74 Å². The minimum Gasteiger partial charge on any atom is -0.493 e. The normalized spacial score (nSPS) is 27.8. The maximum atomic E-state index is 12.8. The number of hydrogen-bond acceptors (Lipinski definition) is 2. The summed E-state index contributed by atoms with van der Waals surface area (Å²) in [5.41, 5.74) is 3.72. The van der Waals surface area contributed by atoms with Crippen molar-refractivity contribution >= 4 is 0 Å². The topological polar surface area (TPSA) is 21.3 Å². The Kier molecular flexibility index (Phi) is 3.01. The first-order chi connectivity index (χ1) is 8.99. The Hall–Kier alpha value is -1.16. The van der Waals surface area contributed by atoms with Crippen molar-refractivity contribution in [3.8, 4) is 5.75 Å². The van der Waals surface area contributed by atoms with Gasteiger partial charge in [-0.05, 0) is 49.6 Å². The van der Waals surface area contributed by atoms with Crippen LogP contribution in [0.4, 0.5) is 8.78 Å². The summed E-state index contributed by atoms with van der Waals surface area (Å²) in [4.78, 5) is 0. The van der Waals surface area contributed by atoms with E-state index in [2.05, 4.69) is 18.3 Å². The standard InChI is InChI=1S/C15H19F2NO/c1-9-12-5-6-18-10(2)13(12)3-4-14(9)19-8-11-7-15(11,16)17/h3-4,10-11,18H,5-8H2,1-2H3. The van der Waals surface area contributed by atoms with Gasteiger partial charge < -0.3 is 10.1 Å². The number of nitrogens with one attached hydrogen (secondary N) is 1. The molecule has 1 fully saturated rings. The van der Waals surface area contributed by atoms with Crippen LogP contribution in [0.5, 0.6) is 5.75 Å². The first-order valence-corrected chi connectivity index (χ1v) is 6.85. The molecule has 0 saturated heterocycles. The predicted octanol–water partition coefficient (Wildman–Crippen LogP) is 3.24. The molecular weight excluding hydrogens is 248 g/mol. The molecule has 2 nitrogen and oxygen atoms in total. The molecule has 1 heterocycles. The largest absolute Gasteiger partial charge is 0.493 e. The maximum absolute atomic E-state index is 12.8. The molecule has 2 aliphatic rings. The highest BCUT2D eigenvalue weighted by atomic mass is 19.3. The van der Waals surface area contributed by atoms with Gasteiger partial charge in [0.1, 0.15) is 5.75 Å². The van der Waals surface area contributed by atoms with Gasteiger partial charge in [-0.15, -0.1) is 0 Å². The molecule has 1 aromatic carbocycles. The fourth-order valence-corrected chi connectivity index (χ4v) is 2.81. The minimum absolute atomic E-state index is 0.0298. The van der Waals surface area contributed by atoms with E-state index in [0.29, 0.717) is 6.04 Å². The van der Waals surface area contributed by atoms with E-state index in [1.165, 1.54) is 11.1 Å². The Morgan fingerprint density at radius 1 is 1.42 bits per heavy atom. The van der Waals surface area contributed by atoms with Crippen molar-refractivity contribution in [1.29, 1.82) is 0 Å². The van der Waals surface area contributed by atoms with Gasteiger partial charge in [0.25, 0.3) is 5.92 Å².